The van der Waals surface area contributed by atoms with Crippen molar-refractivity contribution in [2.45, 2.75) is 18.9 Å². The molecule has 3 aliphatic rings. The molecule has 0 spiro atoms. The van der Waals surface area contributed by atoms with Crippen LogP contribution >= 0.6 is 0 Å². The first-order valence-electron chi connectivity index (χ1n) is 8.27. The van der Waals surface area contributed by atoms with Crippen molar-refractivity contribution in [2.75, 3.05) is 32.7 Å². The number of hydrogen-bond acceptors (Lipinski definition) is 4. The lowest BCUT2D eigenvalue weighted by Crippen LogP contribution is -2.49. The summed E-state index contributed by atoms with van der Waals surface area (Å²) in [5, 5.41) is 3.38. The van der Waals surface area contributed by atoms with Crippen molar-refractivity contribution in [2.24, 2.45) is 0 Å². The van der Waals surface area contributed by atoms with Crippen LogP contribution in [-0.4, -0.2) is 48.6 Å². The molecule has 1 aromatic rings. The van der Waals surface area contributed by atoms with Gasteiger partial charge in [0.25, 0.3) is 0 Å². The van der Waals surface area contributed by atoms with Crippen LogP contribution in [0.1, 0.15) is 12.8 Å². The number of hydrogen-bond donors (Lipinski definition) is 1. The molecule has 0 unspecified atom stereocenters. The Bertz CT molecular complexity index is 614. The molecule has 23 heavy (non-hydrogen) atoms. The van der Waals surface area contributed by atoms with Gasteiger partial charge in [-0.05, 0) is 43.2 Å². The molecule has 1 saturated heterocycles. The second kappa shape index (κ2) is 6.24. The summed E-state index contributed by atoms with van der Waals surface area (Å²) in [7, 11) is 0. The van der Waals surface area contributed by atoms with Crippen molar-refractivity contribution in [3.05, 3.63) is 53.8 Å². The molecule has 0 aromatic heterocycles. The molecule has 4 nitrogen and oxygen atoms in total. The van der Waals surface area contributed by atoms with E-state index in [2.05, 4.69) is 21.2 Å². The van der Waals surface area contributed by atoms with Crippen LogP contribution in [0.25, 0.3) is 0 Å². The SMILES string of the molecule is Fc1ccc(OC2=C[C]=C(N3CCN(C4CC4)CC3)NC2)cc1. The molecular weight excluding hydrogens is 293 g/mol. The van der Waals surface area contributed by atoms with Gasteiger partial charge < -0.3 is 15.0 Å². The lowest BCUT2D eigenvalue weighted by atomic mass is 10.2. The highest BCUT2D eigenvalue weighted by Gasteiger charge is 2.31. The Balaban J connectivity index is 1.34. The molecule has 2 aliphatic heterocycles. The van der Waals surface area contributed by atoms with E-state index in [1.165, 1.54) is 25.0 Å². The van der Waals surface area contributed by atoms with Gasteiger partial charge in [-0.3, -0.25) is 4.90 Å². The molecule has 121 valence electrons. The van der Waals surface area contributed by atoms with E-state index in [1.807, 2.05) is 6.08 Å². The average Bonchev–Trinajstić information content (AvgIpc) is 3.43. The summed E-state index contributed by atoms with van der Waals surface area (Å²) in [5.41, 5.74) is 0. The highest BCUT2D eigenvalue weighted by molar-refractivity contribution is 5.26. The second-order valence-electron chi connectivity index (χ2n) is 6.27. The maximum Gasteiger partial charge on any atom is 0.127 e. The van der Waals surface area contributed by atoms with Gasteiger partial charge in [0, 0.05) is 38.3 Å². The third-order valence-corrected chi connectivity index (χ3v) is 4.56. The Labute approximate surface area is 136 Å². The quantitative estimate of drug-likeness (QED) is 0.921. The molecule has 1 radical (unpaired) electrons. The molecule has 2 heterocycles. The standard InChI is InChI=1S/C18H21FN3O/c19-14-1-5-16(6-2-14)23-17-7-8-18(20-13-17)22-11-9-21(10-12-22)15-3-4-15/h1-2,5-7,15,20H,3-4,9-13H2. The zero-order valence-corrected chi connectivity index (χ0v) is 13.1. The molecule has 0 bridgehead atoms. The fourth-order valence-corrected chi connectivity index (χ4v) is 3.09. The lowest BCUT2D eigenvalue weighted by Gasteiger charge is -2.38. The summed E-state index contributed by atoms with van der Waals surface area (Å²) in [6.07, 6.45) is 7.91. The van der Waals surface area contributed by atoms with E-state index in [0.717, 1.165) is 43.8 Å². The van der Waals surface area contributed by atoms with Crippen LogP contribution in [0.2, 0.25) is 0 Å². The molecule has 1 N–H and O–H groups in total. The molecule has 4 rings (SSSR count). The Morgan fingerprint density at radius 2 is 1.83 bits per heavy atom. The Morgan fingerprint density at radius 1 is 1.09 bits per heavy atom. The number of dihydropyridines is 1. The average molecular weight is 314 g/mol. The van der Waals surface area contributed by atoms with Crippen LogP contribution < -0.4 is 10.1 Å². The molecule has 1 aliphatic carbocycles. The summed E-state index contributed by atoms with van der Waals surface area (Å²) in [6, 6.07) is 6.91. The largest absolute Gasteiger partial charge is 0.460 e. The molecule has 1 saturated carbocycles. The van der Waals surface area contributed by atoms with Crippen molar-refractivity contribution in [3.8, 4) is 5.75 Å². The number of nitrogens with one attached hydrogen (secondary N) is 1. The lowest BCUT2D eigenvalue weighted by molar-refractivity contribution is 0.145. The van der Waals surface area contributed by atoms with E-state index in [9.17, 15) is 4.39 Å². The number of rotatable bonds is 4. The van der Waals surface area contributed by atoms with Crippen molar-refractivity contribution in [1.29, 1.82) is 0 Å². The fraction of sp³-hybridized carbons (Fsp3) is 0.444. The van der Waals surface area contributed by atoms with E-state index in [0.29, 0.717) is 12.3 Å². The number of ether oxygens (including phenoxy) is 1. The minimum Gasteiger partial charge on any atom is -0.460 e. The van der Waals surface area contributed by atoms with Gasteiger partial charge in [-0.2, -0.15) is 0 Å². The predicted octanol–water partition coefficient (Wildman–Crippen LogP) is 2.12. The molecule has 5 heteroatoms. The van der Waals surface area contributed by atoms with Gasteiger partial charge in [0.2, 0.25) is 0 Å². The highest BCUT2D eigenvalue weighted by atomic mass is 19.1. The highest BCUT2D eigenvalue weighted by Crippen LogP contribution is 2.28. The topological polar surface area (TPSA) is 27.7 Å². The van der Waals surface area contributed by atoms with Gasteiger partial charge in [-0.25, -0.2) is 4.39 Å². The number of halogens is 1. The zero-order chi connectivity index (χ0) is 15.6. The van der Waals surface area contributed by atoms with E-state index in [-0.39, 0.29) is 5.82 Å². The van der Waals surface area contributed by atoms with Gasteiger partial charge in [-0.1, -0.05) is 0 Å². The summed E-state index contributed by atoms with van der Waals surface area (Å²) in [5.74, 6) is 2.22. The van der Waals surface area contributed by atoms with Gasteiger partial charge in [0.05, 0.1) is 6.54 Å². The van der Waals surface area contributed by atoms with Crippen LogP contribution in [0.3, 0.4) is 0 Å². The smallest absolute Gasteiger partial charge is 0.127 e. The van der Waals surface area contributed by atoms with Crippen molar-refractivity contribution in [3.63, 3.8) is 0 Å². The molecule has 2 fully saturated rings. The number of piperazine rings is 1. The summed E-state index contributed by atoms with van der Waals surface area (Å²) < 4.78 is 18.6. The van der Waals surface area contributed by atoms with Crippen LogP contribution in [0, 0.1) is 11.9 Å². The van der Waals surface area contributed by atoms with Gasteiger partial charge in [0.15, 0.2) is 0 Å². The van der Waals surface area contributed by atoms with E-state index < -0.39 is 0 Å². The van der Waals surface area contributed by atoms with Gasteiger partial charge in [0.1, 0.15) is 23.1 Å². The molecular formula is C18H21FN3O. The molecule has 0 amide bonds. The van der Waals surface area contributed by atoms with E-state index >= 15 is 0 Å². The predicted molar refractivity (Wildman–Crippen MR) is 86.0 cm³/mol. The summed E-state index contributed by atoms with van der Waals surface area (Å²) >= 11 is 0. The third-order valence-electron chi connectivity index (χ3n) is 4.56. The van der Waals surface area contributed by atoms with E-state index in [4.69, 9.17) is 4.74 Å². The van der Waals surface area contributed by atoms with Crippen LogP contribution in [0.15, 0.2) is 41.9 Å². The van der Waals surface area contributed by atoms with Gasteiger partial charge >= 0.3 is 0 Å². The van der Waals surface area contributed by atoms with Crippen molar-refractivity contribution < 1.29 is 9.13 Å². The maximum atomic E-state index is 12.9. The normalized spacial score (nSPS) is 22.2. The first-order valence-corrected chi connectivity index (χ1v) is 8.27. The number of benzene rings is 1. The summed E-state index contributed by atoms with van der Waals surface area (Å²) in [4.78, 5) is 4.95. The zero-order valence-electron chi connectivity index (χ0n) is 13.1. The Hall–Kier alpha value is -2.01. The Morgan fingerprint density at radius 3 is 2.43 bits per heavy atom. The number of allylic oxidation sites excluding steroid dienone is 2. The fourth-order valence-electron chi connectivity index (χ4n) is 3.09. The maximum absolute atomic E-state index is 12.9. The van der Waals surface area contributed by atoms with Crippen molar-refractivity contribution in [1.82, 2.24) is 15.1 Å². The molecule has 0 atom stereocenters. The Kier molecular flexibility index (Phi) is 3.95. The third kappa shape index (κ3) is 3.50. The second-order valence-corrected chi connectivity index (χ2v) is 6.27. The van der Waals surface area contributed by atoms with Crippen LogP contribution in [-0.2, 0) is 0 Å². The first-order chi connectivity index (χ1) is 11.3. The minimum absolute atomic E-state index is 0.257. The summed E-state index contributed by atoms with van der Waals surface area (Å²) in [6.45, 7) is 5.00. The van der Waals surface area contributed by atoms with Crippen LogP contribution in [0.4, 0.5) is 4.39 Å². The molecule has 1 aromatic carbocycles. The monoisotopic (exact) mass is 314 g/mol. The number of nitrogens with zero attached hydrogens (tertiary/aromatic N) is 2. The minimum atomic E-state index is -0.257. The first kappa shape index (κ1) is 14.6. The van der Waals surface area contributed by atoms with Crippen molar-refractivity contribution >= 4 is 0 Å². The van der Waals surface area contributed by atoms with Gasteiger partial charge in [-0.15, -0.1) is 0 Å². The van der Waals surface area contributed by atoms with E-state index in [1.54, 1.807) is 12.1 Å². The van der Waals surface area contributed by atoms with Crippen LogP contribution in [0.5, 0.6) is 5.75 Å².